The Labute approximate surface area is 158 Å². The molecule has 0 saturated carbocycles. The second-order valence-corrected chi connectivity index (χ2v) is 6.93. The molecule has 5 nitrogen and oxygen atoms in total. The van der Waals surface area contributed by atoms with Gasteiger partial charge in [0.25, 0.3) is 0 Å². The Morgan fingerprint density at radius 3 is 2.56 bits per heavy atom. The molecule has 0 unspecified atom stereocenters. The molecule has 5 heteroatoms. The van der Waals surface area contributed by atoms with Crippen molar-refractivity contribution in [3.63, 3.8) is 0 Å². The summed E-state index contributed by atoms with van der Waals surface area (Å²) in [6.45, 7) is 2.65. The Morgan fingerprint density at radius 2 is 1.63 bits per heavy atom. The molecular formula is C22H21N5. The highest BCUT2D eigenvalue weighted by atomic mass is 15.4. The third kappa shape index (κ3) is 3.28. The molecule has 1 aliphatic rings. The summed E-state index contributed by atoms with van der Waals surface area (Å²) in [6.07, 6.45) is 1.67. The normalized spacial score (nSPS) is 14.1. The van der Waals surface area contributed by atoms with Crippen LogP contribution in [0.3, 0.4) is 0 Å². The van der Waals surface area contributed by atoms with Gasteiger partial charge in [0.1, 0.15) is 11.6 Å². The maximum atomic E-state index is 4.84. The van der Waals surface area contributed by atoms with E-state index in [1.807, 2.05) is 18.2 Å². The van der Waals surface area contributed by atoms with Crippen molar-refractivity contribution in [2.45, 2.75) is 19.4 Å². The predicted molar refractivity (Wildman–Crippen MR) is 107 cm³/mol. The van der Waals surface area contributed by atoms with Crippen LogP contribution in [0.2, 0.25) is 0 Å². The van der Waals surface area contributed by atoms with Crippen LogP contribution in [0.5, 0.6) is 0 Å². The van der Waals surface area contributed by atoms with Crippen LogP contribution in [0, 0.1) is 0 Å². The van der Waals surface area contributed by atoms with Crippen molar-refractivity contribution in [2.24, 2.45) is 0 Å². The summed E-state index contributed by atoms with van der Waals surface area (Å²) in [7, 11) is 0. The highest BCUT2D eigenvalue weighted by Crippen LogP contribution is 2.20. The van der Waals surface area contributed by atoms with Crippen molar-refractivity contribution in [1.82, 2.24) is 19.7 Å². The summed E-state index contributed by atoms with van der Waals surface area (Å²) in [5, 5.41) is 5.92. The van der Waals surface area contributed by atoms with E-state index in [2.05, 4.69) is 58.1 Å². The van der Waals surface area contributed by atoms with Gasteiger partial charge in [-0.3, -0.25) is 0 Å². The number of benzene rings is 2. The molecule has 0 radical (unpaired) electrons. The molecule has 0 amide bonds. The highest BCUT2D eigenvalue weighted by molar-refractivity contribution is 5.80. The minimum atomic E-state index is 0.788. The fraction of sp³-hybridized carbons (Fsp3) is 0.227. The largest absolute Gasteiger partial charge is 0.354 e. The monoisotopic (exact) mass is 355 g/mol. The minimum Gasteiger partial charge on any atom is -0.354 e. The molecule has 0 N–H and O–H groups in total. The summed E-state index contributed by atoms with van der Waals surface area (Å²) in [6, 6.07) is 22.9. The number of rotatable bonds is 3. The molecule has 3 heterocycles. The van der Waals surface area contributed by atoms with E-state index < -0.39 is 0 Å². The molecule has 134 valence electrons. The van der Waals surface area contributed by atoms with E-state index in [9.17, 15) is 0 Å². The molecule has 1 aliphatic heterocycles. The van der Waals surface area contributed by atoms with Gasteiger partial charge in [-0.15, -0.1) is 0 Å². The zero-order valence-corrected chi connectivity index (χ0v) is 15.1. The zero-order valence-electron chi connectivity index (χ0n) is 15.1. The quantitative estimate of drug-likeness (QED) is 0.564. The van der Waals surface area contributed by atoms with Crippen LogP contribution >= 0.6 is 0 Å². The van der Waals surface area contributed by atoms with E-state index in [1.54, 1.807) is 0 Å². The van der Waals surface area contributed by atoms with Gasteiger partial charge in [-0.1, -0.05) is 48.5 Å². The molecule has 27 heavy (non-hydrogen) atoms. The Morgan fingerprint density at radius 1 is 0.778 bits per heavy atom. The SMILES string of the molecule is c1ccc(Cc2nc3n(n2)CCN(c2ccc4ccccc4n2)CC3)cc1. The molecule has 0 atom stereocenters. The second kappa shape index (κ2) is 6.83. The number of hydrogen-bond donors (Lipinski definition) is 0. The smallest absolute Gasteiger partial charge is 0.155 e. The third-order valence-electron chi connectivity index (χ3n) is 5.09. The number of aromatic nitrogens is 4. The molecule has 0 aliphatic carbocycles. The van der Waals surface area contributed by atoms with Gasteiger partial charge in [0.2, 0.25) is 0 Å². The van der Waals surface area contributed by atoms with Gasteiger partial charge in [0, 0.05) is 31.3 Å². The van der Waals surface area contributed by atoms with Crippen LogP contribution in [0.4, 0.5) is 5.82 Å². The van der Waals surface area contributed by atoms with Gasteiger partial charge in [0.05, 0.1) is 12.1 Å². The predicted octanol–water partition coefficient (Wildman–Crippen LogP) is 3.48. The number of hydrogen-bond acceptors (Lipinski definition) is 4. The average Bonchev–Trinajstić information content (AvgIpc) is 2.99. The van der Waals surface area contributed by atoms with Gasteiger partial charge in [-0.05, 0) is 23.8 Å². The van der Waals surface area contributed by atoms with Crippen LogP contribution in [-0.2, 0) is 19.4 Å². The van der Waals surface area contributed by atoms with Crippen LogP contribution in [0.15, 0.2) is 66.7 Å². The van der Waals surface area contributed by atoms with E-state index in [0.717, 1.165) is 55.5 Å². The lowest BCUT2D eigenvalue weighted by Gasteiger charge is -2.21. The standard InChI is InChI=1S/C22H21N5/c1-2-6-17(7-3-1)16-20-24-22-12-13-26(14-15-27(22)25-20)21-11-10-18-8-4-5-9-19(18)23-21/h1-11H,12-16H2. The van der Waals surface area contributed by atoms with Crippen molar-refractivity contribution >= 4 is 16.7 Å². The van der Waals surface area contributed by atoms with Gasteiger partial charge >= 0.3 is 0 Å². The van der Waals surface area contributed by atoms with Crippen molar-refractivity contribution in [1.29, 1.82) is 0 Å². The summed E-state index contributed by atoms with van der Waals surface area (Å²) in [5.41, 5.74) is 2.29. The first-order valence-corrected chi connectivity index (χ1v) is 9.42. The summed E-state index contributed by atoms with van der Waals surface area (Å²) < 4.78 is 2.07. The average molecular weight is 355 g/mol. The lowest BCUT2D eigenvalue weighted by atomic mass is 10.1. The number of nitrogens with zero attached hydrogens (tertiary/aromatic N) is 5. The fourth-order valence-corrected chi connectivity index (χ4v) is 3.67. The molecule has 0 fully saturated rings. The van der Waals surface area contributed by atoms with E-state index in [1.165, 1.54) is 10.9 Å². The summed E-state index contributed by atoms with van der Waals surface area (Å²) in [4.78, 5) is 12.0. The maximum absolute atomic E-state index is 4.84. The lowest BCUT2D eigenvalue weighted by Crippen LogP contribution is -2.27. The molecule has 4 aromatic rings. The Bertz CT molecular complexity index is 1040. The van der Waals surface area contributed by atoms with Gasteiger partial charge < -0.3 is 4.90 Å². The highest BCUT2D eigenvalue weighted by Gasteiger charge is 2.18. The first kappa shape index (κ1) is 16.0. The van der Waals surface area contributed by atoms with Gasteiger partial charge in [-0.2, -0.15) is 5.10 Å². The third-order valence-corrected chi connectivity index (χ3v) is 5.09. The van der Waals surface area contributed by atoms with E-state index in [4.69, 9.17) is 15.1 Å². The summed E-state index contributed by atoms with van der Waals surface area (Å²) in [5.74, 6) is 3.02. The van der Waals surface area contributed by atoms with E-state index in [0.29, 0.717) is 0 Å². The number of pyridine rings is 1. The number of anilines is 1. The fourth-order valence-electron chi connectivity index (χ4n) is 3.67. The molecular weight excluding hydrogens is 334 g/mol. The maximum Gasteiger partial charge on any atom is 0.155 e. The number of para-hydroxylation sites is 1. The van der Waals surface area contributed by atoms with Crippen molar-refractivity contribution in [2.75, 3.05) is 18.0 Å². The first-order valence-electron chi connectivity index (χ1n) is 9.42. The molecule has 5 rings (SSSR count). The number of fused-ring (bicyclic) bond motifs is 2. The Balaban J connectivity index is 1.33. The lowest BCUT2D eigenvalue weighted by molar-refractivity contribution is 0.603. The molecule has 2 aromatic heterocycles. The minimum absolute atomic E-state index is 0.788. The Kier molecular flexibility index (Phi) is 4.05. The van der Waals surface area contributed by atoms with Gasteiger partial charge in [0.15, 0.2) is 5.82 Å². The van der Waals surface area contributed by atoms with Crippen molar-refractivity contribution < 1.29 is 0 Å². The van der Waals surface area contributed by atoms with Crippen LogP contribution < -0.4 is 4.90 Å². The zero-order chi connectivity index (χ0) is 18.1. The van der Waals surface area contributed by atoms with Crippen LogP contribution in [-0.4, -0.2) is 32.8 Å². The first-order chi connectivity index (χ1) is 13.3. The van der Waals surface area contributed by atoms with Crippen molar-refractivity contribution in [3.8, 4) is 0 Å². The van der Waals surface area contributed by atoms with Gasteiger partial charge in [-0.25, -0.2) is 14.6 Å². The van der Waals surface area contributed by atoms with Crippen molar-refractivity contribution in [3.05, 3.63) is 83.9 Å². The topological polar surface area (TPSA) is 46.8 Å². The molecule has 2 aromatic carbocycles. The van der Waals surface area contributed by atoms with Crippen LogP contribution in [0.1, 0.15) is 17.2 Å². The summed E-state index contributed by atoms with van der Waals surface area (Å²) >= 11 is 0. The molecule has 0 bridgehead atoms. The van der Waals surface area contributed by atoms with Crippen LogP contribution in [0.25, 0.3) is 10.9 Å². The molecule has 0 saturated heterocycles. The Hall–Kier alpha value is -3.21. The van der Waals surface area contributed by atoms with E-state index in [-0.39, 0.29) is 0 Å². The molecule has 0 spiro atoms. The second-order valence-electron chi connectivity index (χ2n) is 6.93. The van der Waals surface area contributed by atoms with E-state index >= 15 is 0 Å².